The smallest absolute Gasteiger partial charge is 0.0985 e. The molecule has 0 atom stereocenters. The van der Waals surface area contributed by atoms with Crippen LogP contribution in [0.4, 0.5) is 0 Å². The molecule has 0 saturated carbocycles. The molecule has 58 valence electrons. The first-order valence-corrected chi connectivity index (χ1v) is 4.36. The molecule has 0 aromatic carbocycles. The van der Waals surface area contributed by atoms with Crippen LogP contribution in [-0.2, 0) is 6.54 Å². The van der Waals surface area contributed by atoms with Gasteiger partial charge in [-0.25, -0.2) is 0 Å². The van der Waals surface area contributed by atoms with E-state index in [1.807, 2.05) is 6.07 Å². The summed E-state index contributed by atoms with van der Waals surface area (Å²) >= 11 is 10.6. The van der Waals surface area contributed by atoms with Gasteiger partial charge in [0.2, 0.25) is 0 Å². The molecule has 1 aromatic rings. The van der Waals surface area contributed by atoms with Gasteiger partial charge < -0.3 is 5.73 Å². The van der Waals surface area contributed by atoms with Crippen LogP contribution in [0.2, 0.25) is 4.34 Å². The quantitative estimate of drug-likeness (QED) is 0.827. The lowest BCUT2D eigenvalue weighted by Gasteiger charge is -1.85. The lowest BCUT2D eigenvalue weighted by atomic mass is 10.3. The summed E-state index contributed by atoms with van der Waals surface area (Å²) < 4.78 is 1.82. The molecule has 0 bridgehead atoms. The topological polar surface area (TPSA) is 26.0 Å². The van der Waals surface area contributed by atoms with Gasteiger partial charge in [0.25, 0.3) is 0 Å². The summed E-state index contributed by atoms with van der Waals surface area (Å²) in [5.41, 5.74) is 6.37. The number of hydrogen-bond donors (Lipinski definition) is 1. The average molecular weight is 263 g/mol. The monoisotopic (exact) mass is 261 g/mol. The Labute approximate surface area is 83.1 Å². The predicted molar refractivity (Wildman–Crippen MR) is 52.2 cm³/mol. The number of halogens is 3. The molecular weight excluding hydrogens is 257 g/mol. The maximum atomic E-state index is 5.75. The van der Waals surface area contributed by atoms with Crippen molar-refractivity contribution in [2.75, 3.05) is 0 Å². The molecule has 0 aliphatic heterocycles. The highest BCUT2D eigenvalue weighted by molar-refractivity contribution is 9.11. The maximum Gasteiger partial charge on any atom is 0.0985 e. The fraction of sp³-hybridized carbons (Fsp3) is 0.200. The van der Waals surface area contributed by atoms with Gasteiger partial charge in [0.05, 0.1) is 8.12 Å². The Balaban J connectivity index is 0.000000810. The van der Waals surface area contributed by atoms with Crippen LogP contribution in [0, 0.1) is 0 Å². The first-order valence-electron chi connectivity index (χ1n) is 2.38. The largest absolute Gasteiger partial charge is 0.326 e. The van der Waals surface area contributed by atoms with E-state index in [4.69, 9.17) is 17.3 Å². The summed E-state index contributed by atoms with van der Waals surface area (Å²) in [6, 6.07) is 1.94. The normalized spacial score (nSPS) is 9.10. The van der Waals surface area contributed by atoms with Crippen molar-refractivity contribution in [3.63, 3.8) is 0 Å². The second kappa shape index (κ2) is 4.57. The van der Waals surface area contributed by atoms with Crippen molar-refractivity contribution < 1.29 is 0 Å². The molecule has 0 amide bonds. The maximum absolute atomic E-state index is 5.75. The van der Waals surface area contributed by atoms with Gasteiger partial charge in [0, 0.05) is 6.54 Å². The Morgan fingerprint density at radius 2 is 2.30 bits per heavy atom. The molecule has 0 aliphatic rings. The van der Waals surface area contributed by atoms with E-state index in [1.165, 1.54) is 11.3 Å². The number of thiophene rings is 1. The van der Waals surface area contributed by atoms with Crippen molar-refractivity contribution in [1.29, 1.82) is 0 Å². The van der Waals surface area contributed by atoms with Crippen LogP contribution < -0.4 is 5.73 Å². The fourth-order valence-electron chi connectivity index (χ4n) is 0.514. The van der Waals surface area contributed by atoms with E-state index in [1.54, 1.807) is 0 Å². The first kappa shape index (κ1) is 10.7. The molecule has 1 rings (SSSR count). The van der Waals surface area contributed by atoms with Gasteiger partial charge in [0.1, 0.15) is 0 Å². The third-order valence-electron chi connectivity index (χ3n) is 0.947. The van der Waals surface area contributed by atoms with Crippen molar-refractivity contribution in [1.82, 2.24) is 0 Å². The average Bonchev–Trinajstić information content (AvgIpc) is 2.10. The Hall–Kier alpha value is 0.720. The van der Waals surface area contributed by atoms with Gasteiger partial charge in [-0.15, -0.1) is 23.7 Å². The summed E-state index contributed by atoms with van der Waals surface area (Å²) in [6.07, 6.45) is 0. The second-order valence-corrected chi connectivity index (χ2v) is 4.59. The van der Waals surface area contributed by atoms with Gasteiger partial charge in [-0.1, -0.05) is 11.6 Å². The summed E-state index contributed by atoms with van der Waals surface area (Å²) in [7, 11) is 0. The molecule has 1 aromatic heterocycles. The van der Waals surface area contributed by atoms with E-state index in [-0.39, 0.29) is 12.4 Å². The van der Waals surface area contributed by atoms with Crippen molar-refractivity contribution in [3.05, 3.63) is 19.8 Å². The van der Waals surface area contributed by atoms with Gasteiger partial charge in [-0.05, 0) is 27.6 Å². The number of hydrogen-bond acceptors (Lipinski definition) is 2. The van der Waals surface area contributed by atoms with E-state index >= 15 is 0 Å². The van der Waals surface area contributed by atoms with E-state index in [9.17, 15) is 0 Å². The predicted octanol–water partition coefficient (Wildman–Crippen LogP) is 3.04. The molecule has 2 N–H and O–H groups in total. The Kier molecular flexibility index (Phi) is 4.90. The Morgan fingerprint density at radius 3 is 2.50 bits per heavy atom. The van der Waals surface area contributed by atoms with Crippen molar-refractivity contribution >= 4 is 51.3 Å². The molecule has 0 spiro atoms. The molecule has 0 aliphatic carbocycles. The number of nitrogens with two attached hydrogens (primary N) is 1. The van der Waals surface area contributed by atoms with Crippen molar-refractivity contribution in [2.24, 2.45) is 5.73 Å². The molecule has 0 radical (unpaired) electrons. The number of rotatable bonds is 1. The molecule has 5 heteroatoms. The molecular formula is C5H6BrCl2NS. The van der Waals surface area contributed by atoms with Gasteiger partial charge in [-0.2, -0.15) is 0 Å². The third kappa shape index (κ3) is 2.40. The SMILES string of the molecule is Cl.NCc1cc(Br)sc1Cl. The Morgan fingerprint density at radius 1 is 1.70 bits per heavy atom. The Bertz CT molecular complexity index is 213. The first-order chi connectivity index (χ1) is 4.24. The highest BCUT2D eigenvalue weighted by atomic mass is 79.9. The zero-order valence-electron chi connectivity index (χ0n) is 4.93. The third-order valence-corrected chi connectivity index (χ3v) is 2.89. The van der Waals surface area contributed by atoms with Crippen LogP contribution in [0.1, 0.15) is 5.56 Å². The summed E-state index contributed by atoms with van der Waals surface area (Å²) in [5, 5.41) is 0. The van der Waals surface area contributed by atoms with Crippen LogP contribution in [0.15, 0.2) is 9.85 Å². The van der Waals surface area contributed by atoms with Crippen molar-refractivity contribution in [3.8, 4) is 0 Å². The van der Waals surface area contributed by atoms with Crippen LogP contribution >= 0.6 is 51.3 Å². The molecule has 0 fully saturated rings. The van der Waals surface area contributed by atoms with Crippen LogP contribution in [-0.4, -0.2) is 0 Å². The van der Waals surface area contributed by atoms with E-state index < -0.39 is 0 Å². The molecule has 10 heavy (non-hydrogen) atoms. The zero-order chi connectivity index (χ0) is 6.85. The lowest BCUT2D eigenvalue weighted by Crippen LogP contribution is -1.93. The van der Waals surface area contributed by atoms with E-state index in [0.717, 1.165) is 13.7 Å². The van der Waals surface area contributed by atoms with Gasteiger partial charge >= 0.3 is 0 Å². The minimum atomic E-state index is 0. The van der Waals surface area contributed by atoms with E-state index in [2.05, 4.69) is 15.9 Å². The lowest BCUT2D eigenvalue weighted by molar-refractivity contribution is 1.08. The summed E-state index contributed by atoms with van der Waals surface area (Å²) in [6.45, 7) is 0.515. The second-order valence-electron chi connectivity index (χ2n) is 1.55. The molecule has 0 saturated heterocycles. The van der Waals surface area contributed by atoms with Crippen LogP contribution in [0.25, 0.3) is 0 Å². The summed E-state index contributed by atoms with van der Waals surface area (Å²) in [4.78, 5) is 0. The molecule has 0 unspecified atom stereocenters. The zero-order valence-corrected chi connectivity index (χ0v) is 8.91. The van der Waals surface area contributed by atoms with Crippen molar-refractivity contribution in [2.45, 2.75) is 6.54 Å². The molecule has 1 nitrogen and oxygen atoms in total. The van der Waals surface area contributed by atoms with Crippen LogP contribution in [0.5, 0.6) is 0 Å². The van der Waals surface area contributed by atoms with Gasteiger partial charge in [-0.3, -0.25) is 0 Å². The van der Waals surface area contributed by atoms with E-state index in [0.29, 0.717) is 6.54 Å². The minimum Gasteiger partial charge on any atom is -0.326 e. The van der Waals surface area contributed by atoms with Gasteiger partial charge in [0.15, 0.2) is 0 Å². The molecule has 1 heterocycles. The summed E-state index contributed by atoms with van der Waals surface area (Å²) in [5.74, 6) is 0. The highest BCUT2D eigenvalue weighted by Gasteiger charge is 2.01. The standard InChI is InChI=1S/C5H5BrClNS.ClH/c6-4-1-3(2-8)5(7)9-4;/h1H,2,8H2;1H. The van der Waals surface area contributed by atoms with Crippen LogP contribution in [0.3, 0.4) is 0 Å². The highest BCUT2D eigenvalue weighted by Crippen LogP contribution is 2.30. The fourth-order valence-corrected chi connectivity index (χ4v) is 2.58. The minimum absolute atomic E-state index is 0.